The molecule has 126 valence electrons. The average Bonchev–Trinajstić information content (AvgIpc) is 2.72. The normalized spacial score (nSPS) is 60.7. The van der Waals surface area contributed by atoms with Gasteiger partial charge in [0.1, 0.15) is 6.17 Å². The van der Waals surface area contributed by atoms with Gasteiger partial charge < -0.3 is 14.2 Å². The van der Waals surface area contributed by atoms with Crippen LogP contribution >= 0.6 is 0 Å². The van der Waals surface area contributed by atoms with Gasteiger partial charge in [0.2, 0.25) is 5.79 Å². The van der Waals surface area contributed by atoms with E-state index in [1.807, 2.05) is 20.8 Å². The van der Waals surface area contributed by atoms with Crippen molar-refractivity contribution in [3.63, 3.8) is 0 Å². The lowest BCUT2D eigenvalue weighted by molar-refractivity contribution is -0.577. The SMILES string of the molecule is CO[C@H]1O[C@@H]2O[C@@]3(C)CC[C@H]4[C@H](C)[C@H](F)C[C@@H]([C@H]1C)[C@]24OO3. The van der Waals surface area contributed by atoms with Gasteiger partial charge in [0.25, 0.3) is 0 Å². The van der Waals surface area contributed by atoms with E-state index in [9.17, 15) is 4.39 Å². The van der Waals surface area contributed by atoms with Gasteiger partial charge in [-0.2, -0.15) is 0 Å². The molecule has 0 aromatic rings. The summed E-state index contributed by atoms with van der Waals surface area (Å²) in [6.07, 6.45) is 0.108. The van der Waals surface area contributed by atoms with Crippen LogP contribution in [0.3, 0.4) is 0 Å². The Kier molecular flexibility index (Phi) is 3.38. The molecule has 1 aliphatic carbocycles. The number of alkyl halides is 1. The van der Waals surface area contributed by atoms with Crippen LogP contribution in [-0.4, -0.2) is 37.2 Å². The summed E-state index contributed by atoms with van der Waals surface area (Å²) in [5.41, 5.74) is -0.730. The lowest BCUT2D eigenvalue weighted by Crippen LogP contribution is -2.71. The Morgan fingerprint density at radius 1 is 1.14 bits per heavy atom. The van der Waals surface area contributed by atoms with Crippen molar-refractivity contribution in [2.75, 3.05) is 7.11 Å². The van der Waals surface area contributed by atoms with Gasteiger partial charge in [-0.05, 0) is 25.7 Å². The molecule has 0 N–H and O–H groups in total. The van der Waals surface area contributed by atoms with Crippen molar-refractivity contribution in [1.82, 2.24) is 0 Å². The van der Waals surface area contributed by atoms with Crippen molar-refractivity contribution < 1.29 is 28.4 Å². The predicted octanol–water partition coefficient (Wildman–Crippen LogP) is 2.79. The molecule has 0 unspecified atom stereocenters. The van der Waals surface area contributed by atoms with Crippen LogP contribution in [0.1, 0.15) is 40.0 Å². The van der Waals surface area contributed by atoms with Gasteiger partial charge in [-0.3, -0.25) is 0 Å². The van der Waals surface area contributed by atoms with Gasteiger partial charge in [0.15, 0.2) is 18.2 Å². The molecule has 22 heavy (non-hydrogen) atoms. The van der Waals surface area contributed by atoms with Crippen molar-refractivity contribution in [2.45, 2.75) is 70.2 Å². The minimum absolute atomic E-state index is 0.0177. The van der Waals surface area contributed by atoms with Gasteiger partial charge >= 0.3 is 0 Å². The highest BCUT2D eigenvalue weighted by Crippen LogP contribution is 2.60. The number of rotatable bonds is 1. The first kappa shape index (κ1) is 15.3. The van der Waals surface area contributed by atoms with Crippen LogP contribution in [0.25, 0.3) is 0 Å². The van der Waals surface area contributed by atoms with E-state index < -0.39 is 30.1 Å². The molecule has 0 aromatic heterocycles. The highest BCUT2D eigenvalue weighted by Gasteiger charge is 2.70. The molecule has 4 aliphatic heterocycles. The maximum Gasteiger partial charge on any atom is 0.201 e. The third-order valence-corrected chi connectivity index (χ3v) is 6.39. The molecule has 1 spiro atoms. The van der Waals surface area contributed by atoms with Crippen LogP contribution in [0.4, 0.5) is 4.39 Å². The fourth-order valence-corrected chi connectivity index (χ4v) is 5.06. The Morgan fingerprint density at radius 3 is 2.64 bits per heavy atom. The minimum atomic E-state index is -0.840. The number of hydrogen-bond donors (Lipinski definition) is 0. The Balaban J connectivity index is 1.81. The molecule has 4 saturated heterocycles. The molecule has 0 radical (unpaired) electrons. The van der Waals surface area contributed by atoms with Crippen molar-refractivity contribution in [2.24, 2.45) is 23.7 Å². The van der Waals surface area contributed by atoms with E-state index in [-0.39, 0.29) is 23.7 Å². The Bertz CT molecular complexity index is 458. The van der Waals surface area contributed by atoms with E-state index >= 15 is 0 Å². The molecule has 6 heteroatoms. The van der Waals surface area contributed by atoms with E-state index in [1.54, 1.807) is 7.11 Å². The van der Waals surface area contributed by atoms with Crippen molar-refractivity contribution >= 4 is 0 Å². The van der Waals surface area contributed by atoms with Crippen LogP contribution in [0, 0.1) is 23.7 Å². The van der Waals surface area contributed by atoms with E-state index in [2.05, 4.69) is 0 Å². The second-order valence-corrected chi connectivity index (χ2v) is 7.57. The largest absolute Gasteiger partial charge is 0.355 e. The van der Waals surface area contributed by atoms with E-state index in [0.29, 0.717) is 12.8 Å². The van der Waals surface area contributed by atoms with Gasteiger partial charge in [0.05, 0.1) is 0 Å². The second-order valence-electron chi connectivity index (χ2n) is 7.57. The third kappa shape index (κ3) is 1.82. The number of halogens is 1. The topological polar surface area (TPSA) is 46.2 Å². The van der Waals surface area contributed by atoms with Gasteiger partial charge in [-0.25, -0.2) is 14.2 Å². The van der Waals surface area contributed by atoms with E-state index in [1.165, 1.54) is 0 Å². The summed E-state index contributed by atoms with van der Waals surface area (Å²) < 4.78 is 32.3. The average molecular weight is 316 g/mol. The molecule has 5 rings (SSSR count). The Labute approximate surface area is 130 Å². The standard InChI is InChI=1S/C16H25FO5/c1-8-10-5-6-15(3)20-14-16(10,22-21-15)11(7-12(8)17)9(2)13(18-4)19-14/h8-14H,5-7H2,1-4H3/t8-,9+,10-,11-,12+,13-,14+,15+,16-/m0/s1. The number of fused-ring (bicyclic) bond motifs is 2. The van der Waals surface area contributed by atoms with Gasteiger partial charge in [0, 0.05) is 31.3 Å². The van der Waals surface area contributed by atoms with Crippen LogP contribution in [0.5, 0.6) is 0 Å². The van der Waals surface area contributed by atoms with Gasteiger partial charge in [-0.15, -0.1) is 0 Å². The molecule has 0 aromatic carbocycles. The molecular formula is C16H25FO5. The van der Waals surface area contributed by atoms with Crippen LogP contribution in [0.15, 0.2) is 0 Å². The molecule has 2 bridgehead atoms. The van der Waals surface area contributed by atoms with Crippen molar-refractivity contribution in [3.8, 4) is 0 Å². The summed E-state index contributed by atoms with van der Waals surface area (Å²) in [7, 11) is 1.61. The summed E-state index contributed by atoms with van der Waals surface area (Å²) >= 11 is 0. The maximum absolute atomic E-state index is 14.7. The maximum atomic E-state index is 14.7. The summed E-state index contributed by atoms with van der Waals surface area (Å²) in [5, 5.41) is 0. The lowest BCUT2D eigenvalue weighted by Gasteiger charge is -2.60. The second kappa shape index (κ2) is 4.86. The first-order valence-corrected chi connectivity index (χ1v) is 8.28. The zero-order valence-corrected chi connectivity index (χ0v) is 13.6. The van der Waals surface area contributed by atoms with Gasteiger partial charge in [-0.1, -0.05) is 13.8 Å². The molecular weight excluding hydrogens is 291 g/mol. The highest BCUT2D eigenvalue weighted by molar-refractivity contribution is 5.10. The monoisotopic (exact) mass is 316 g/mol. The summed E-state index contributed by atoms with van der Waals surface area (Å²) in [6.45, 7) is 5.85. The predicted molar refractivity (Wildman–Crippen MR) is 74.1 cm³/mol. The molecule has 1 saturated carbocycles. The minimum Gasteiger partial charge on any atom is -0.355 e. The molecule has 0 amide bonds. The summed E-state index contributed by atoms with van der Waals surface area (Å²) in [4.78, 5) is 11.6. The van der Waals surface area contributed by atoms with E-state index in [0.717, 1.165) is 6.42 Å². The quantitative estimate of drug-likeness (QED) is 0.696. The molecule has 5 nitrogen and oxygen atoms in total. The number of methoxy groups -OCH3 is 1. The summed E-state index contributed by atoms with van der Waals surface area (Å²) in [6, 6.07) is 0. The molecule has 9 atom stereocenters. The van der Waals surface area contributed by atoms with Crippen molar-refractivity contribution in [3.05, 3.63) is 0 Å². The smallest absolute Gasteiger partial charge is 0.201 e. The summed E-state index contributed by atoms with van der Waals surface area (Å²) in [5.74, 6) is -0.932. The fourth-order valence-electron chi connectivity index (χ4n) is 5.06. The zero-order valence-electron chi connectivity index (χ0n) is 13.6. The number of ether oxygens (including phenoxy) is 3. The van der Waals surface area contributed by atoms with E-state index in [4.69, 9.17) is 24.0 Å². The van der Waals surface area contributed by atoms with Crippen LogP contribution in [-0.2, 0) is 24.0 Å². The van der Waals surface area contributed by atoms with Crippen LogP contribution in [0.2, 0.25) is 0 Å². The number of hydrogen-bond acceptors (Lipinski definition) is 5. The Hall–Kier alpha value is -0.270. The third-order valence-electron chi connectivity index (χ3n) is 6.39. The first-order valence-electron chi connectivity index (χ1n) is 8.28. The fraction of sp³-hybridized carbons (Fsp3) is 1.00. The van der Waals surface area contributed by atoms with Crippen molar-refractivity contribution in [1.29, 1.82) is 0 Å². The highest BCUT2D eigenvalue weighted by atomic mass is 19.1. The Morgan fingerprint density at radius 2 is 1.91 bits per heavy atom. The first-order chi connectivity index (χ1) is 10.4. The molecule has 5 aliphatic rings. The molecule has 4 heterocycles. The zero-order chi connectivity index (χ0) is 15.7. The van der Waals surface area contributed by atoms with Crippen LogP contribution < -0.4 is 0 Å². The lowest BCUT2D eigenvalue weighted by atomic mass is 9.57. The molecule has 5 fully saturated rings.